The molecule has 4 heteroatoms. The maximum atomic E-state index is 6.37. The quantitative estimate of drug-likeness (QED) is 0.483. The van der Waals surface area contributed by atoms with Crippen molar-refractivity contribution in [1.82, 2.24) is 4.90 Å². The lowest BCUT2D eigenvalue weighted by Crippen LogP contribution is -2.48. The van der Waals surface area contributed by atoms with Crippen molar-refractivity contribution in [3.63, 3.8) is 0 Å². The summed E-state index contributed by atoms with van der Waals surface area (Å²) in [5.74, 6) is 1.62. The fourth-order valence-electron chi connectivity index (χ4n) is 4.21. The van der Waals surface area contributed by atoms with Gasteiger partial charge in [-0.1, -0.05) is 46.3 Å². The van der Waals surface area contributed by atoms with Gasteiger partial charge in [-0.15, -0.1) is 0 Å². The van der Waals surface area contributed by atoms with Crippen molar-refractivity contribution >= 4 is 5.69 Å². The third kappa shape index (κ3) is 9.65. The smallest absolute Gasteiger partial charge is 0.119 e. The van der Waals surface area contributed by atoms with Crippen molar-refractivity contribution in [3.8, 4) is 5.75 Å². The van der Waals surface area contributed by atoms with E-state index >= 15 is 0 Å². The van der Waals surface area contributed by atoms with Crippen LogP contribution in [0.4, 0.5) is 5.69 Å². The first-order valence-corrected chi connectivity index (χ1v) is 12.1. The van der Waals surface area contributed by atoms with Crippen LogP contribution in [-0.4, -0.2) is 49.8 Å². The lowest BCUT2D eigenvalue weighted by atomic mass is 9.98. The van der Waals surface area contributed by atoms with E-state index in [0.717, 1.165) is 45.0 Å². The molecule has 1 heterocycles. The molecular weight excluding hydrogens is 382 g/mol. The minimum absolute atomic E-state index is 0.166. The van der Waals surface area contributed by atoms with Gasteiger partial charge in [0, 0.05) is 44.0 Å². The number of nitrogens with zero attached hydrogens (tertiary/aromatic N) is 2. The van der Waals surface area contributed by atoms with E-state index in [2.05, 4.69) is 88.6 Å². The first-order chi connectivity index (χ1) is 14.5. The normalized spacial score (nSPS) is 16.9. The first kappa shape index (κ1) is 25.7. The van der Waals surface area contributed by atoms with Gasteiger partial charge in [0.15, 0.2) is 0 Å². The largest absolute Gasteiger partial charge is 0.493 e. The second kappa shape index (κ2) is 11.9. The van der Waals surface area contributed by atoms with Crippen LogP contribution in [-0.2, 0) is 0 Å². The Labute approximate surface area is 191 Å². The highest BCUT2D eigenvalue weighted by Crippen LogP contribution is 2.27. The fourth-order valence-corrected chi connectivity index (χ4v) is 4.21. The van der Waals surface area contributed by atoms with Crippen LogP contribution in [0.5, 0.6) is 5.75 Å². The summed E-state index contributed by atoms with van der Waals surface area (Å²) in [6.07, 6.45) is 5.83. The number of piperidine rings is 1. The van der Waals surface area contributed by atoms with E-state index in [4.69, 9.17) is 10.5 Å². The van der Waals surface area contributed by atoms with E-state index in [1.165, 1.54) is 24.1 Å². The monoisotopic (exact) mass is 429 g/mol. The van der Waals surface area contributed by atoms with Crippen molar-refractivity contribution in [2.24, 2.45) is 17.1 Å². The molecule has 1 aromatic rings. The zero-order chi connectivity index (χ0) is 23.0. The van der Waals surface area contributed by atoms with E-state index in [0.29, 0.717) is 18.0 Å². The van der Waals surface area contributed by atoms with Crippen LogP contribution >= 0.6 is 0 Å². The number of benzene rings is 1. The summed E-state index contributed by atoms with van der Waals surface area (Å²) in [5.41, 5.74) is 9.19. The molecule has 0 aliphatic carbocycles. The van der Waals surface area contributed by atoms with Gasteiger partial charge in [0.25, 0.3) is 0 Å². The van der Waals surface area contributed by atoms with E-state index in [1.807, 2.05) is 0 Å². The van der Waals surface area contributed by atoms with Crippen molar-refractivity contribution in [3.05, 3.63) is 35.9 Å². The van der Waals surface area contributed by atoms with Crippen LogP contribution in [0.25, 0.3) is 0 Å². The SMILES string of the molecule is CC(C)=CCN(c1ccc(OCC(C)(C)C)cc1)C1CCN(CC(N)CC(C)C)CC1. The summed E-state index contributed by atoms with van der Waals surface area (Å²) in [6, 6.07) is 9.55. The predicted octanol–water partition coefficient (Wildman–Crippen LogP) is 5.72. The average Bonchev–Trinajstić information content (AvgIpc) is 2.67. The van der Waals surface area contributed by atoms with Gasteiger partial charge < -0.3 is 20.3 Å². The second-order valence-corrected chi connectivity index (χ2v) is 11.2. The third-order valence-electron chi connectivity index (χ3n) is 5.80. The Morgan fingerprint density at radius 3 is 2.29 bits per heavy atom. The van der Waals surface area contributed by atoms with Crippen LogP contribution in [0.3, 0.4) is 0 Å². The highest BCUT2D eigenvalue weighted by molar-refractivity contribution is 5.50. The Bertz CT molecular complexity index is 663. The fraction of sp³-hybridized carbons (Fsp3) is 0.704. The molecule has 0 amide bonds. The maximum absolute atomic E-state index is 6.37. The molecule has 2 N–H and O–H groups in total. The summed E-state index contributed by atoms with van der Waals surface area (Å²) in [5, 5.41) is 0. The molecule has 0 spiro atoms. The maximum Gasteiger partial charge on any atom is 0.119 e. The molecule has 2 rings (SSSR count). The van der Waals surface area contributed by atoms with E-state index in [9.17, 15) is 0 Å². The summed E-state index contributed by atoms with van der Waals surface area (Å²) in [7, 11) is 0. The Morgan fingerprint density at radius 2 is 1.77 bits per heavy atom. The van der Waals surface area contributed by atoms with Crippen LogP contribution in [0, 0.1) is 11.3 Å². The molecular formula is C27H47N3O. The average molecular weight is 430 g/mol. The minimum Gasteiger partial charge on any atom is -0.493 e. The van der Waals surface area contributed by atoms with Gasteiger partial charge in [0.2, 0.25) is 0 Å². The van der Waals surface area contributed by atoms with Crippen LogP contribution < -0.4 is 15.4 Å². The van der Waals surface area contributed by atoms with E-state index in [-0.39, 0.29) is 5.41 Å². The standard InChI is InChI=1S/C27H47N3O/c1-21(2)12-17-30(24-8-10-26(11-9-24)31-20-27(5,6)7)25-13-15-29(16-14-25)19-23(28)18-22(3)4/h8-12,22-23,25H,13-20,28H2,1-7H3. The minimum atomic E-state index is 0.166. The van der Waals surface area contributed by atoms with E-state index < -0.39 is 0 Å². The molecule has 176 valence electrons. The van der Waals surface area contributed by atoms with Crippen molar-refractivity contribution in [1.29, 1.82) is 0 Å². The highest BCUT2D eigenvalue weighted by atomic mass is 16.5. The Hall–Kier alpha value is -1.52. The molecule has 0 saturated carbocycles. The summed E-state index contributed by atoms with van der Waals surface area (Å²) < 4.78 is 5.98. The van der Waals surface area contributed by atoms with Crippen LogP contribution in [0.1, 0.15) is 67.7 Å². The van der Waals surface area contributed by atoms with E-state index in [1.54, 1.807) is 0 Å². The molecule has 1 atom stereocenters. The number of hydrogen-bond donors (Lipinski definition) is 1. The van der Waals surface area contributed by atoms with Crippen molar-refractivity contribution in [2.45, 2.75) is 79.8 Å². The molecule has 1 fully saturated rings. The number of nitrogens with two attached hydrogens (primary N) is 1. The van der Waals surface area contributed by atoms with Crippen molar-refractivity contribution < 1.29 is 4.74 Å². The van der Waals surface area contributed by atoms with Crippen LogP contribution in [0.2, 0.25) is 0 Å². The summed E-state index contributed by atoms with van der Waals surface area (Å²) in [4.78, 5) is 5.14. The molecule has 31 heavy (non-hydrogen) atoms. The lowest BCUT2D eigenvalue weighted by molar-refractivity contribution is 0.193. The summed E-state index contributed by atoms with van der Waals surface area (Å²) >= 11 is 0. The number of anilines is 1. The van der Waals surface area contributed by atoms with Gasteiger partial charge in [-0.25, -0.2) is 0 Å². The summed E-state index contributed by atoms with van der Waals surface area (Å²) in [6.45, 7) is 20.5. The van der Waals surface area contributed by atoms with Crippen molar-refractivity contribution in [2.75, 3.05) is 37.7 Å². The molecule has 0 aromatic heterocycles. The number of likely N-dealkylation sites (tertiary alicyclic amines) is 1. The molecule has 1 aromatic carbocycles. The van der Waals surface area contributed by atoms with Gasteiger partial charge in [-0.05, 0) is 68.7 Å². The third-order valence-corrected chi connectivity index (χ3v) is 5.80. The molecule has 1 aliphatic rings. The number of hydrogen-bond acceptors (Lipinski definition) is 4. The van der Waals surface area contributed by atoms with Gasteiger partial charge in [0.1, 0.15) is 5.75 Å². The molecule has 0 radical (unpaired) electrons. The Kier molecular flexibility index (Phi) is 9.90. The highest BCUT2D eigenvalue weighted by Gasteiger charge is 2.25. The molecule has 0 bridgehead atoms. The van der Waals surface area contributed by atoms with Gasteiger partial charge >= 0.3 is 0 Å². The zero-order valence-electron chi connectivity index (χ0n) is 21.2. The number of rotatable bonds is 10. The molecule has 1 aliphatic heterocycles. The topological polar surface area (TPSA) is 41.7 Å². The molecule has 4 nitrogen and oxygen atoms in total. The Balaban J connectivity index is 2.00. The number of ether oxygens (including phenoxy) is 1. The van der Waals surface area contributed by atoms with Gasteiger partial charge in [-0.2, -0.15) is 0 Å². The second-order valence-electron chi connectivity index (χ2n) is 11.2. The Morgan fingerprint density at radius 1 is 1.16 bits per heavy atom. The van der Waals surface area contributed by atoms with Gasteiger partial charge in [0.05, 0.1) is 6.61 Å². The molecule has 1 unspecified atom stereocenters. The lowest BCUT2D eigenvalue weighted by Gasteiger charge is -2.40. The number of allylic oxidation sites excluding steroid dienone is 1. The van der Waals surface area contributed by atoms with Crippen LogP contribution in [0.15, 0.2) is 35.9 Å². The first-order valence-electron chi connectivity index (χ1n) is 12.1. The zero-order valence-corrected chi connectivity index (χ0v) is 21.2. The predicted molar refractivity (Wildman–Crippen MR) is 135 cm³/mol. The van der Waals surface area contributed by atoms with Gasteiger partial charge in [-0.3, -0.25) is 0 Å². The molecule has 1 saturated heterocycles.